The third-order valence-corrected chi connectivity index (χ3v) is 3.29. The summed E-state index contributed by atoms with van der Waals surface area (Å²) in [4.78, 5) is 23.1. The first-order valence-electron chi connectivity index (χ1n) is 6.21. The van der Waals surface area contributed by atoms with Gasteiger partial charge >= 0.3 is 0 Å². The van der Waals surface area contributed by atoms with Gasteiger partial charge in [0.05, 0.1) is 22.4 Å². The van der Waals surface area contributed by atoms with E-state index in [4.69, 9.17) is 22.1 Å². The Kier molecular flexibility index (Phi) is 4.15. The number of hydrogen-bond donors (Lipinski definition) is 3. The quantitative estimate of drug-likeness (QED) is 0.790. The van der Waals surface area contributed by atoms with Crippen LogP contribution in [0.4, 0.5) is 11.4 Å². The number of nitrogens with one attached hydrogen (secondary N) is 2. The first kappa shape index (κ1) is 14.6. The minimum absolute atomic E-state index is 0.0157. The van der Waals surface area contributed by atoms with Gasteiger partial charge in [-0.3, -0.25) is 9.59 Å². The summed E-state index contributed by atoms with van der Waals surface area (Å²) >= 11 is 6.07. The summed E-state index contributed by atoms with van der Waals surface area (Å²) in [6.45, 7) is 3.65. The van der Waals surface area contributed by atoms with Crippen LogP contribution in [0, 0.1) is 5.92 Å². The maximum Gasteiger partial charge on any atom is 0.262 e. The van der Waals surface area contributed by atoms with Crippen LogP contribution >= 0.6 is 11.6 Å². The predicted octanol–water partition coefficient (Wildman–Crippen LogP) is 1.59. The Balaban J connectivity index is 2.21. The van der Waals surface area contributed by atoms with Crippen LogP contribution in [-0.2, 0) is 9.59 Å². The van der Waals surface area contributed by atoms with Crippen molar-refractivity contribution in [3.63, 3.8) is 0 Å². The third-order valence-electron chi connectivity index (χ3n) is 2.98. The normalized spacial score (nSPS) is 15.2. The first-order chi connectivity index (χ1) is 9.38. The number of carbonyl (C=O) groups is 2. The maximum atomic E-state index is 11.9. The molecule has 4 N–H and O–H groups in total. The predicted molar refractivity (Wildman–Crippen MR) is 77.0 cm³/mol. The number of ether oxygens (including phenoxy) is 1. The Labute approximate surface area is 121 Å². The van der Waals surface area contributed by atoms with Crippen molar-refractivity contribution < 1.29 is 14.3 Å². The molecule has 1 aliphatic heterocycles. The topological polar surface area (TPSA) is 93.5 Å². The number of halogens is 1. The van der Waals surface area contributed by atoms with Crippen molar-refractivity contribution in [2.45, 2.75) is 19.9 Å². The van der Waals surface area contributed by atoms with E-state index in [-0.39, 0.29) is 24.3 Å². The minimum Gasteiger partial charge on any atom is -0.482 e. The number of rotatable bonds is 3. The van der Waals surface area contributed by atoms with E-state index in [9.17, 15) is 9.59 Å². The molecule has 2 rings (SSSR count). The van der Waals surface area contributed by atoms with E-state index in [0.29, 0.717) is 22.1 Å². The molecule has 108 valence electrons. The van der Waals surface area contributed by atoms with Crippen molar-refractivity contribution in [2.24, 2.45) is 11.7 Å². The Morgan fingerprint density at radius 2 is 2.20 bits per heavy atom. The van der Waals surface area contributed by atoms with Crippen LogP contribution < -0.4 is 21.1 Å². The fourth-order valence-corrected chi connectivity index (χ4v) is 1.93. The fourth-order valence-electron chi connectivity index (χ4n) is 1.71. The number of carbonyl (C=O) groups excluding carboxylic acids is 2. The van der Waals surface area contributed by atoms with E-state index in [2.05, 4.69) is 10.6 Å². The second-order valence-corrected chi connectivity index (χ2v) is 5.33. The molecule has 0 fully saturated rings. The Morgan fingerprint density at radius 1 is 1.50 bits per heavy atom. The second-order valence-electron chi connectivity index (χ2n) is 4.92. The summed E-state index contributed by atoms with van der Waals surface area (Å²) in [5.41, 5.74) is 6.66. The van der Waals surface area contributed by atoms with E-state index in [0.717, 1.165) is 0 Å². The first-order valence-corrected chi connectivity index (χ1v) is 6.59. The zero-order chi connectivity index (χ0) is 14.9. The smallest absolute Gasteiger partial charge is 0.262 e. The number of nitrogens with two attached hydrogens (primary N) is 1. The van der Waals surface area contributed by atoms with E-state index in [1.165, 1.54) is 6.07 Å². The molecule has 1 atom stereocenters. The molecule has 0 aliphatic carbocycles. The van der Waals surface area contributed by atoms with Gasteiger partial charge in [-0.25, -0.2) is 0 Å². The standard InChI is InChI=1S/C13H16ClN3O3/c1-6(2)12(15)13(19)17-8-4-10-9(3-7(8)14)16-11(18)5-20-10/h3-4,6,12H,5,15H2,1-2H3,(H,16,18)(H,17,19)/t12-/m1/s1. The molecule has 1 heterocycles. The van der Waals surface area contributed by atoms with Crippen LogP contribution in [0.2, 0.25) is 5.02 Å². The van der Waals surface area contributed by atoms with Gasteiger partial charge in [-0.15, -0.1) is 0 Å². The summed E-state index contributed by atoms with van der Waals surface area (Å²) in [5.74, 6) is -0.0850. The highest BCUT2D eigenvalue weighted by Gasteiger charge is 2.21. The minimum atomic E-state index is -0.622. The molecule has 0 saturated heterocycles. The van der Waals surface area contributed by atoms with Gasteiger partial charge < -0.3 is 21.1 Å². The van der Waals surface area contributed by atoms with Gasteiger partial charge in [0.1, 0.15) is 5.75 Å². The van der Waals surface area contributed by atoms with Crippen molar-refractivity contribution >= 4 is 34.8 Å². The zero-order valence-electron chi connectivity index (χ0n) is 11.2. The highest BCUT2D eigenvalue weighted by Crippen LogP contribution is 2.36. The third kappa shape index (κ3) is 3.02. The molecule has 0 radical (unpaired) electrons. The van der Waals surface area contributed by atoms with Crippen LogP contribution in [0.15, 0.2) is 12.1 Å². The fraction of sp³-hybridized carbons (Fsp3) is 0.385. The zero-order valence-corrected chi connectivity index (χ0v) is 12.0. The summed E-state index contributed by atoms with van der Waals surface area (Å²) in [7, 11) is 0. The van der Waals surface area contributed by atoms with E-state index in [1.807, 2.05) is 13.8 Å². The molecule has 0 aromatic heterocycles. The van der Waals surface area contributed by atoms with Crippen LogP contribution in [-0.4, -0.2) is 24.5 Å². The lowest BCUT2D eigenvalue weighted by atomic mass is 10.0. The molecule has 0 saturated carbocycles. The van der Waals surface area contributed by atoms with E-state index in [1.54, 1.807) is 6.07 Å². The van der Waals surface area contributed by atoms with Gasteiger partial charge in [-0.2, -0.15) is 0 Å². The summed E-state index contributed by atoms with van der Waals surface area (Å²) < 4.78 is 5.27. The number of fused-ring (bicyclic) bond motifs is 1. The largest absolute Gasteiger partial charge is 0.482 e. The molecule has 6 nitrogen and oxygen atoms in total. The van der Waals surface area contributed by atoms with Crippen molar-refractivity contribution in [1.29, 1.82) is 0 Å². The van der Waals surface area contributed by atoms with Crippen LogP contribution in [0.1, 0.15) is 13.8 Å². The Hall–Kier alpha value is -1.79. The number of benzene rings is 1. The number of anilines is 2. The van der Waals surface area contributed by atoms with Crippen molar-refractivity contribution in [2.75, 3.05) is 17.2 Å². The van der Waals surface area contributed by atoms with Gasteiger partial charge in [0.2, 0.25) is 5.91 Å². The second kappa shape index (κ2) is 5.68. The van der Waals surface area contributed by atoms with Gasteiger partial charge in [-0.1, -0.05) is 25.4 Å². The van der Waals surface area contributed by atoms with E-state index >= 15 is 0 Å². The summed E-state index contributed by atoms with van der Waals surface area (Å²) in [5, 5.41) is 5.61. The van der Waals surface area contributed by atoms with Crippen LogP contribution in [0.3, 0.4) is 0 Å². The summed E-state index contributed by atoms with van der Waals surface area (Å²) in [6, 6.07) is 2.48. The van der Waals surface area contributed by atoms with Gasteiger partial charge in [-0.05, 0) is 12.0 Å². The van der Waals surface area contributed by atoms with Gasteiger partial charge in [0.15, 0.2) is 6.61 Å². The number of amides is 2. The van der Waals surface area contributed by atoms with Gasteiger partial charge in [0.25, 0.3) is 5.91 Å². The molecule has 2 amide bonds. The maximum absolute atomic E-state index is 11.9. The molecule has 1 aromatic carbocycles. The molecular formula is C13H16ClN3O3. The molecule has 0 unspecified atom stereocenters. The lowest BCUT2D eigenvalue weighted by Gasteiger charge is -2.21. The monoisotopic (exact) mass is 297 g/mol. The molecule has 1 aromatic rings. The highest BCUT2D eigenvalue weighted by molar-refractivity contribution is 6.34. The summed E-state index contributed by atoms with van der Waals surface area (Å²) in [6.07, 6.45) is 0. The molecule has 7 heteroatoms. The Morgan fingerprint density at radius 3 is 2.85 bits per heavy atom. The van der Waals surface area contributed by atoms with Gasteiger partial charge in [0, 0.05) is 6.07 Å². The Bertz CT molecular complexity index is 560. The van der Waals surface area contributed by atoms with Crippen molar-refractivity contribution in [3.05, 3.63) is 17.2 Å². The van der Waals surface area contributed by atoms with Crippen molar-refractivity contribution in [3.8, 4) is 5.75 Å². The SMILES string of the molecule is CC(C)[C@@H](N)C(=O)Nc1cc2c(cc1Cl)NC(=O)CO2. The number of hydrogen-bond acceptors (Lipinski definition) is 4. The lowest BCUT2D eigenvalue weighted by Crippen LogP contribution is -2.39. The molecule has 20 heavy (non-hydrogen) atoms. The highest BCUT2D eigenvalue weighted by atomic mass is 35.5. The molecule has 0 bridgehead atoms. The van der Waals surface area contributed by atoms with Crippen LogP contribution in [0.5, 0.6) is 5.75 Å². The molecule has 0 spiro atoms. The van der Waals surface area contributed by atoms with Crippen LogP contribution in [0.25, 0.3) is 0 Å². The van der Waals surface area contributed by atoms with E-state index < -0.39 is 6.04 Å². The molecular weight excluding hydrogens is 282 g/mol. The average molecular weight is 298 g/mol. The lowest BCUT2D eigenvalue weighted by molar-refractivity contribution is -0.119. The average Bonchev–Trinajstić information content (AvgIpc) is 2.38. The van der Waals surface area contributed by atoms with Crippen molar-refractivity contribution in [1.82, 2.24) is 0 Å². The molecule has 1 aliphatic rings.